The van der Waals surface area contributed by atoms with Crippen molar-refractivity contribution in [1.29, 1.82) is 0 Å². The third kappa shape index (κ3) is 3.92. The lowest BCUT2D eigenvalue weighted by Crippen LogP contribution is -1.88. The summed E-state index contributed by atoms with van der Waals surface area (Å²) in [6, 6.07) is 62.2. The highest BCUT2D eigenvalue weighted by Crippen LogP contribution is 2.49. The van der Waals surface area contributed by atoms with Crippen molar-refractivity contribution in [3.63, 3.8) is 0 Å². The van der Waals surface area contributed by atoms with Crippen LogP contribution < -0.4 is 0 Å². The summed E-state index contributed by atoms with van der Waals surface area (Å²) in [6.45, 7) is 0. The van der Waals surface area contributed by atoms with Gasteiger partial charge in [-0.3, -0.25) is 0 Å². The molecule has 0 atom stereocenters. The number of fused-ring (bicyclic) bond motifs is 4. The summed E-state index contributed by atoms with van der Waals surface area (Å²) in [5.41, 5.74) is 15.2. The monoisotopic (exact) mass is 556 g/mol. The van der Waals surface area contributed by atoms with E-state index in [-0.39, 0.29) is 0 Å². The lowest BCUT2D eigenvalue weighted by Gasteiger charge is -2.15. The molecule has 8 aromatic rings. The molecule has 1 aliphatic carbocycles. The molecular formula is C44H28. The van der Waals surface area contributed by atoms with Gasteiger partial charge in [-0.15, -0.1) is 0 Å². The largest absolute Gasteiger partial charge is 0.0622 e. The molecule has 0 unspecified atom stereocenters. The fourth-order valence-electron chi connectivity index (χ4n) is 7.13. The predicted octanol–water partition coefficient (Wildman–Crippen LogP) is 12.3. The summed E-state index contributed by atoms with van der Waals surface area (Å²) in [5, 5.41) is 5.19. The van der Waals surface area contributed by atoms with Gasteiger partial charge in [-0.1, -0.05) is 146 Å². The molecule has 1 aliphatic rings. The Labute approximate surface area is 257 Å². The third-order valence-corrected chi connectivity index (χ3v) is 9.20. The van der Waals surface area contributed by atoms with E-state index in [1.54, 1.807) is 0 Å². The van der Waals surface area contributed by atoms with Crippen molar-refractivity contribution in [2.75, 3.05) is 0 Å². The summed E-state index contributed by atoms with van der Waals surface area (Å²) in [5.74, 6) is 0. The molecule has 0 nitrogen and oxygen atoms in total. The summed E-state index contributed by atoms with van der Waals surface area (Å²) in [7, 11) is 0. The normalized spacial score (nSPS) is 11.6. The zero-order valence-corrected chi connectivity index (χ0v) is 24.2. The Kier molecular flexibility index (Phi) is 5.61. The Bertz CT molecular complexity index is 2330. The van der Waals surface area contributed by atoms with Crippen molar-refractivity contribution in [1.82, 2.24) is 0 Å². The van der Waals surface area contributed by atoms with Crippen LogP contribution in [0.4, 0.5) is 0 Å². The smallest absolute Gasteiger partial charge is 0.00201 e. The molecule has 0 bridgehead atoms. The van der Waals surface area contributed by atoms with Crippen molar-refractivity contribution in [3.05, 3.63) is 170 Å². The molecule has 9 rings (SSSR count). The summed E-state index contributed by atoms with van der Waals surface area (Å²) in [6.07, 6.45) is 0. The van der Waals surface area contributed by atoms with Crippen LogP contribution in [0.15, 0.2) is 170 Å². The van der Waals surface area contributed by atoms with Gasteiger partial charge in [-0.05, 0) is 113 Å². The number of hydrogen-bond acceptors (Lipinski definition) is 0. The zero-order chi connectivity index (χ0) is 29.0. The molecule has 0 heteroatoms. The van der Waals surface area contributed by atoms with Gasteiger partial charge in [0.1, 0.15) is 0 Å². The fourth-order valence-corrected chi connectivity index (χ4v) is 7.13. The molecule has 44 heavy (non-hydrogen) atoms. The average Bonchev–Trinajstić information content (AvgIpc) is 3.43. The van der Waals surface area contributed by atoms with E-state index in [1.807, 2.05) is 0 Å². The predicted molar refractivity (Wildman–Crippen MR) is 188 cm³/mol. The minimum absolute atomic E-state index is 1.22. The van der Waals surface area contributed by atoms with Gasteiger partial charge in [0.25, 0.3) is 0 Å². The van der Waals surface area contributed by atoms with Gasteiger partial charge in [0, 0.05) is 0 Å². The maximum atomic E-state index is 2.39. The maximum Gasteiger partial charge on any atom is -0.00201 e. The van der Waals surface area contributed by atoms with Crippen LogP contribution in [0.5, 0.6) is 0 Å². The van der Waals surface area contributed by atoms with Gasteiger partial charge in [0.15, 0.2) is 0 Å². The molecule has 0 radical (unpaired) electrons. The van der Waals surface area contributed by atoms with Crippen molar-refractivity contribution < 1.29 is 0 Å². The SMILES string of the molecule is c1ccc(-c2cccc(-c3cc(-c4ccccc4)c4ccc(-c5ccc6c7c(cccc57)-c5ccccc5-6)cc4c3)c2)cc1. The van der Waals surface area contributed by atoms with Gasteiger partial charge >= 0.3 is 0 Å². The van der Waals surface area contributed by atoms with Crippen LogP contribution in [-0.4, -0.2) is 0 Å². The summed E-state index contributed by atoms with van der Waals surface area (Å²) >= 11 is 0. The van der Waals surface area contributed by atoms with E-state index >= 15 is 0 Å². The highest BCUT2D eigenvalue weighted by molar-refractivity contribution is 6.19. The van der Waals surface area contributed by atoms with E-state index in [0.29, 0.717) is 0 Å². The second kappa shape index (κ2) is 9.93. The molecule has 204 valence electrons. The first-order valence-corrected chi connectivity index (χ1v) is 15.3. The first-order chi connectivity index (χ1) is 21.8. The Hall–Kier alpha value is -5.72. The van der Waals surface area contributed by atoms with Crippen molar-refractivity contribution in [3.8, 4) is 66.8 Å². The zero-order valence-electron chi connectivity index (χ0n) is 24.2. The topological polar surface area (TPSA) is 0 Å². The molecule has 0 aliphatic heterocycles. The molecule has 8 aromatic carbocycles. The van der Waals surface area contributed by atoms with Crippen LogP contribution in [0, 0.1) is 0 Å². The van der Waals surface area contributed by atoms with Crippen LogP contribution in [-0.2, 0) is 0 Å². The highest BCUT2D eigenvalue weighted by atomic mass is 14.2. The number of rotatable bonds is 4. The van der Waals surface area contributed by atoms with Crippen LogP contribution in [0.25, 0.3) is 88.3 Å². The Balaban J connectivity index is 1.25. The Morgan fingerprint density at radius 3 is 1.57 bits per heavy atom. The lowest BCUT2D eigenvalue weighted by atomic mass is 9.89. The van der Waals surface area contributed by atoms with Crippen LogP contribution in [0.1, 0.15) is 0 Å². The second-order valence-electron chi connectivity index (χ2n) is 11.7. The minimum atomic E-state index is 1.22. The van der Waals surface area contributed by atoms with Crippen molar-refractivity contribution in [2.45, 2.75) is 0 Å². The highest BCUT2D eigenvalue weighted by Gasteiger charge is 2.22. The molecule has 0 saturated carbocycles. The fraction of sp³-hybridized carbons (Fsp3) is 0. The van der Waals surface area contributed by atoms with Gasteiger partial charge in [-0.25, -0.2) is 0 Å². The van der Waals surface area contributed by atoms with Crippen molar-refractivity contribution >= 4 is 21.5 Å². The molecule has 0 aromatic heterocycles. The molecule has 0 fully saturated rings. The number of hydrogen-bond donors (Lipinski definition) is 0. The first kappa shape index (κ1) is 24.8. The van der Waals surface area contributed by atoms with E-state index in [2.05, 4.69) is 170 Å². The van der Waals surface area contributed by atoms with Gasteiger partial charge in [-0.2, -0.15) is 0 Å². The number of benzene rings is 8. The van der Waals surface area contributed by atoms with Gasteiger partial charge in [0.2, 0.25) is 0 Å². The summed E-state index contributed by atoms with van der Waals surface area (Å²) in [4.78, 5) is 0. The third-order valence-electron chi connectivity index (χ3n) is 9.20. The van der Waals surface area contributed by atoms with E-state index < -0.39 is 0 Å². The standard InChI is InChI=1S/C44H28/c1-3-11-29(12-4-1)31-15-9-16-32(25-31)34-27-35-26-33(21-22-37(35)43(28-34)30-13-5-2-6-14-30)36-23-24-42-39-18-8-7-17-38(39)41-20-10-19-40(36)44(41)42/h1-28H. The molecule has 0 heterocycles. The quantitative estimate of drug-likeness (QED) is 0.202. The molecule has 0 amide bonds. The second-order valence-corrected chi connectivity index (χ2v) is 11.7. The Morgan fingerprint density at radius 1 is 0.227 bits per heavy atom. The molecular weight excluding hydrogens is 528 g/mol. The average molecular weight is 557 g/mol. The van der Waals surface area contributed by atoms with E-state index in [4.69, 9.17) is 0 Å². The minimum Gasteiger partial charge on any atom is -0.0622 e. The first-order valence-electron chi connectivity index (χ1n) is 15.3. The molecule has 0 saturated heterocycles. The summed E-state index contributed by atoms with van der Waals surface area (Å²) < 4.78 is 0. The van der Waals surface area contributed by atoms with E-state index in [0.717, 1.165) is 0 Å². The Morgan fingerprint density at radius 2 is 0.795 bits per heavy atom. The van der Waals surface area contributed by atoms with E-state index in [1.165, 1.54) is 88.3 Å². The van der Waals surface area contributed by atoms with E-state index in [9.17, 15) is 0 Å². The lowest BCUT2D eigenvalue weighted by molar-refractivity contribution is 1.59. The van der Waals surface area contributed by atoms with Crippen molar-refractivity contribution in [2.24, 2.45) is 0 Å². The van der Waals surface area contributed by atoms with Gasteiger partial charge < -0.3 is 0 Å². The maximum absolute atomic E-state index is 2.39. The van der Waals surface area contributed by atoms with Crippen LogP contribution >= 0.6 is 0 Å². The molecule has 0 N–H and O–H groups in total. The van der Waals surface area contributed by atoms with Gasteiger partial charge in [0.05, 0.1) is 0 Å². The van der Waals surface area contributed by atoms with Crippen LogP contribution in [0.3, 0.4) is 0 Å². The molecule has 0 spiro atoms. The van der Waals surface area contributed by atoms with Crippen LogP contribution in [0.2, 0.25) is 0 Å².